The van der Waals surface area contributed by atoms with Crippen molar-refractivity contribution in [3.8, 4) is 0 Å². The minimum atomic E-state index is -0.304. The minimum absolute atomic E-state index is 0.120. The van der Waals surface area contributed by atoms with E-state index >= 15 is 0 Å². The van der Waals surface area contributed by atoms with Crippen molar-refractivity contribution >= 4 is 34.5 Å². The summed E-state index contributed by atoms with van der Waals surface area (Å²) < 4.78 is 10.9. The average molecular weight is 359 g/mol. The van der Waals surface area contributed by atoms with Gasteiger partial charge in [-0.1, -0.05) is 29.3 Å². The standard InChI is InChI=1S/C15H16Cl2N2O2S/c1-9(12-3-2-10(16)6-13(12)17)18-7-11-8-19-14(22-11)15-20-4-5-21-15/h2-3,6,8-9,15,18H,4-5,7H2,1H3/t9-/m1/s1. The largest absolute Gasteiger partial charge is 0.344 e. The molecule has 0 spiro atoms. The maximum Gasteiger partial charge on any atom is 0.211 e. The van der Waals surface area contributed by atoms with Gasteiger partial charge < -0.3 is 14.8 Å². The minimum Gasteiger partial charge on any atom is -0.344 e. The summed E-state index contributed by atoms with van der Waals surface area (Å²) in [6.07, 6.45) is 1.55. The molecule has 22 heavy (non-hydrogen) atoms. The number of benzene rings is 1. The molecule has 1 atom stereocenters. The Labute approximate surface area is 143 Å². The molecule has 118 valence electrons. The summed E-state index contributed by atoms with van der Waals surface area (Å²) in [5, 5.41) is 5.62. The lowest BCUT2D eigenvalue weighted by Crippen LogP contribution is -2.17. The summed E-state index contributed by atoms with van der Waals surface area (Å²) in [4.78, 5) is 5.49. The Morgan fingerprint density at radius 1 is 1.36 bits per heavy atom. The van der Waals surface area contributed by atoms with E-state index < -0.39 is 0 Å². The highest BCUT2D eigenvalue weighted by molar-refractivity contribution is 7.11. The zero-order valence-electron chi connectivity index (χ0n) is 12.0. The van der Waals surface area contributed by atoms with Gasteiger partial charge in [-0.15, -0.1) is 11.3 Å². The number of nitrogens with zero attached hydrogens (tertiary/aromatic N) is 1. The van der Waals surface area contributed by atoms with Gasteiger partial charge in [-0.2, -0.15) is 0 Å². The van der Waals surface area contributed by atoms with Gasteiger partial charge in [0.2, 0.25) is 6.29 Å². The van der Waals surface area contributed by atoms with Crippen molar-refractivity contribution in [1.29, 1.82) is 0 Å². The molecule has 4 nitrogen and oxygen atoms in total. The van der Waals surface area contributed by atoms with E-state index in [-0.39, 0.29) is 12.3 Å². The van der Waals surface area contributed by atoms with Crippen molar-refractivity contribution in [1.82, 2.24) is 10.3 Å². The third-order valence-electron chi connectivity index (χ3n) is 3.41. The van der Waals surface area contributed by atoms with Crippen LogP contribution in [0.5, 0.6) is 0 Å². The van der Waals surface area contributed by atoms with Crippen LogP contribution in [0.15, 0.2) is 24.4 Å². The number of aromatic nitrogens is 1. The van der Waals surface area contributed by atoms with E-state index in [2.05, 4.69) is 17.2 Å². The Bertz CT molecular complexity index is 644. The van der Waals surface area contributed by atoms with Crippen LogP contribution >= 0.6 is 34.5 Å². The van der Waals surface area contributed by atoms with Crippen molar-refractivity contribution in [2.24, 2.45) is 0 Å². The molecule has 1 saturated heterocycles. The number of hydrogen-bond donors (Lipinski definition) is 1. The van der Waals surface area contributed by atoms with E-state index in [1.165, 1.54) is 0 Å². The molecule has 1 aromatic heterocycles. The van der Waals surface area contributed by atoms with Crippen LogP contribution in [0.25, 0.3) is 0 Å². The molecule has 0 unspecified atom stereocenters. The molecule has 3 rings (SSSR count). The highest BCUT2D eigenvalue weighted by atomic mass is 35.5. The second-order valence-electron chi connectivity index (χ2n) is 5.01. The topological polar surface area (TPSA) is 43.4 Å². The molecular weight excluding hydrogens is 343 g/mol. The number of nitrogens with one attached hydrogen (secondary N) is 1. The van der Waals surface area contributed by atoms with Gasteiger partial charge in [-0.25, -0.2) is 4.98 Å². The first-order valence-corrected chi connectivity index (χ1v) is 8.57. The SMILES string of the molecule is C[C@@H](NCc1cnc(C2OCCO2)s1)c1ccc(Cl)cc1Cl. The molecule has 1 aromatic carbocycles. The molecule has 7 heteroatoms. The summed E-state index contributed by atoms with van der Waals surface area (Å²) in [6, 6.07) is 5.67. The number of thiazole rings is 1. The molecular formula is C15H16Cl2N2O2S. The van der Waals surface area contributed by atoms with Crippen molar-refractivity contribution in [3.05, 3.63) is 49.9 Å². The Kier molecular flexibility index (Phi) is 5.33. The van der Waals surface area contributed by atoms with Gasteiger partial charge in [0, 0.05) is 33.7 Å². The molecule has 0 aliphatic carbocycles. The second kappa shape index (κ2) is 7.25. The Balaban J connectivity index is 1.59. The maximum atomic E-state index is 6.23. The van der Waals surface area contributed by atoms with Crippen LogP contribution in [0, 0.1) is 0 Å². The zero-order chi connectivity index (χ0) is 15.5. The van der Waals surface area contributed by atoms with E-state index in [4.69, 9.17) is 32.7 Å². The molecule has 2 aromatic rings. The van der Waals surface area contributed by atoms with Gasteiger partial charge in [0.05, 0.1) is 13.2 Å². The quantitative estimate of drug-likeness (QED) is 0.862. The fourth-order valence-electron chi connectivity index (χ4n) is 2.23. The predicted molar refractivity (Wildman–Crippen MR) is 88.5 cm³/mol. The van der Waals surface area contributed by atoms with E-state index in [1.54, 1.807) is 17.4 Å². The summed E-state index contributed by atoms with van der Waals surface area (Å²) in [5.41, 5.74) is 1.03. The Morgan fingerprint density at radius 3 is 2.86 bits per heavy atom. The van der Waals surface area contributed by atoms with E-state index in [0.717, 1.165) is 15.4 Å². The number of ether oxygens (including phenoxy) is 2. The predicted octanol–water partition coefficient (Wildman–Crippen LogP) is 4.35. The highest BCUT2D eigenvalue weighted by Crippen LogP contribution is 2.29. The first kappa shape index (κ1) is 16.2. The van der Waals surface area contributed by atoms with Crippen molar-refractivity contribution in [2.75, 3.05) is 13.2 Å². The van der Waals surface area contributed by atoms with Crippen molar-refractivity contribution < 1.29 is 9.47 Å². The van der Waals surface area contributed by atoms with Crippen LogP contribution in [0.1, 0.15) is 34.7 Å². The van der Waals surface area contributed by atoms with Gasteiger partial charge in [0.1, 0.15) is 5.01 Å². The van der Waals surface area contributed by atoms with Crippen LogP contribution in [-0.4, -0.2) is 18.2 Å². The number of halogens is 2. The molecule has 1 N–H and O–H groups in total. The van der Waals surface area contributed by atoms with Gasteiger partial charge >= 0.3 is 0 Å². The third kappa shape index (κ3) is 3.79. The Hall–Kier alpha value is -0.690. The molecule has 1 aliphatic heterocycles. The molecule has 1 aliphatic rings. The molecule has 0 bridgehead atoms. The molecule has 0 saturated carbocycles. The molecule has 0 radical (unpaired) electrons. The average Bonchev–Trinajstić information content (AvgIpc) is 3.16. The van der Waals surface area contributed by atoms with Crippen LogP contribution in [0.3, 0.4) is 0 Å². The van der Waals surface area contributed by atoms with Crippen molar-refractivity contribution in [3.63, 3.8) is 0 Å². The van der Waals surface area contributed by atoms with Crippen molar-refractivity contribution in [2.45, 2.75) is 25.8 Å². The first-order valence-electron chi connectivity index (χ1n) is 6.99. The van der Waals surface area contributed by atoms with E-state index in [9.17, 15) is 0 Å². The van der Waals surface area contributed by atoms with Crippen LogP contribution in [-0.2, 0) is 16.0 Å². The van der Waals surface area contributed by atoms with Gasteiger partial charge in [0.15, 0.2) is 0 Å². The lowest BCUT2D eigenvalue weighted by molar-refractivity contribution is -0.0442. The monoisotopic (exact) mass is 358 g/mol. The highest BCUT2D eigenvalue weighted by Gasteiger charge is 2.21. The summed E-state index contributed by atoms with van der Waals surface area (Å²) >= 11 is 13.7. The fourth-order valence-corrected chi connectivity index (χ4v) is 3.67. The first-order chi connectivity index (χ1) is 10.6. The van der Waals surface area contributed by atoms with Gasteiger partial charge in [-0.3, -0.25) is 0 Å². The molecule has 1 fully saturated rings. The van der Waals surface area contributed by atoms with E-state index in [0.29, 0.717) is 29.8 Å². The summed E-state index contributed by atoms with van der Waals surface area (Å²) in [7, 11) is 0. The summed E-state index contributed by atoms with van der Waals surface area (Å²) in [6.45, 7) is 4.04. The van der Waals surface area contributed by atoms with Crippen LogP contribution in [0.2, 0.25) is 10.0 Å². The van der Waals surface area contributed by atoms with Crippen LogP contribution < -0.4 is 5.32 Å². The number of rotatable bonds is 5. The third-order valence-corrected chi connectivity index (χ3v) is 4.99. The van der Waals surface area contributed by atoms with Crippen LogP contribution in [0.4, 0.5) is 0 Å². The smallest absolute Gasteiger partial charge is 0.211 e. The maximum absolute atomic E-state index is 6.23. The lowest BCUT2D eigenvalue weighted by atomic mass is 10.1. The normalized spacial score (nSPS) is 17.0. The number of hydrogen-bond acceptors (Lipinski definition) is 5. The molecule has 2 heterocycles. The fraction of sp³-hybridized carbons (Fsp3) is 0.400. The lowest BCUT2D eigenvalue weighted by Gasteiger charge is -2.15. The Morgan fingerprint density at radius 2 is 2.14 bits per heavy atom. The van der Waals surface area contributed by atoms with E-state index in [1.807, 2.05) is 18.3 Å². The molecule has 0 amide bonds. The zero-order valence-corrected chi connectivity index (χ0v) is 14.3. The summed E-state index contributed by atoms with van der Waals surface area (Å²) in [5.74, 6) is 0. The second-order valence-corrected chi connectivity index (χ2v) is 7.00. The van der Waals surface area contributed by atoms with Gasteiger partial charge in [-0.05, 0) is 24.6 Å². The van der Waals surface area contributed by atoms with Gasteiger partial charge in [0.25, 0.3) is 0 Å².